The summed E-state index contributed by atoms with van der Waals surface area (Å²) in [5.74, 6) is -0.435. The van der Waals surface area contributed by atoms with Gasteiger partial charge < -0.3 is 9.72 Å². The quantitative estimate of drug-likeness (QED) is 0.879. The van der Waals surface area contributed by atoms with Gasteiger partial charge in [0.05, 0.1) is 6.61 Å². The first-order valence-corrected chi connectivity index (χ1v) is 6.50. The van der Waals surface area contributed by atoms with Crippen molar-refractivity contribution >= 4 is 21.9 Å². The first kappa shape index (κ1) is 13.7. The normalized spacial score (nSPS) is 10.5. The number of ether oxygens (including phenoxy) is 1. The lowest BCUT2D eigenvalue weighted by Gasteiger charge is -1.99. The molecule has 1 aromatic carbocycles. The molecule has 0 fully saturated rings. The molecule has 2 rings (SSSR count). The van der Waals surface area contributed by atoms with E-state index in [2.05, 4.69) is 25.9 Å². The molecule has 100 valence electrons. The number of H-pyrrole nitrogens is 1. The van der Waals surface area contributed by atoms with Crippen molar-refractivity contribution in [2.45, 2.75) is 13.8 Å². The molecule has 0 bridgehead atoms. The van der Waals surface area contributed by atoms with Gasteiger partial charge in [-0.05, 0) is 32.0 Å². The molecule has 0 spiro atoms. The summed E-state index contributed by atoms with van der Waals surface area (Å²) in [7, 11) is 0. The maximum Gasteiger partial charge on any atom is 0.358 e. The number of rotatable bonds is 3. The van der Waals surface area contributed by atoms with Crippen molar-refractivity contribution < 1.29 is 13.9 Å². The molecule has 4 nitrogen and oxygen atoms in total. The third-order valence-electron chi connectivity index (χ3n) is 2.49. The highest BCUT2D eigenvalue weighted by Crippen LogP contribution is 2.23. The Bertz CT molecular complexity index is 605. The second kappa shape index (κ2) is 5.52. The zero-order valence-corrected chi connectivity index (χ0v) is 12.0. The molecular weight excluding hydrogens is 315 g/mol. The van der Waals surface area contributed by atoms with Crippen LogP contribution in [-0.2, 0) is 4.74 Å². The van der Waals surface area contributed by atoms with Crippen LogP contribution in [0.15, 0.2) is 22.7 Å². The minimum absolute atomic E-state index is 0.220. The Kier molecular flexibility index (Phi) is 3.99. The molecule has 1 N–H and O–H groups in total. The summed E-state index contributed by atoms with van der Waals surface area (Å²) in [6.07, 6.45) is 0. The van der Waals surface area contributed by atoms with Gasteiger partial charge in [0.25, 0.3) is 0 Å². The molecular formula is C13H12BrFN2O2. The van der Waals surface area contributed by atoms with Gasteiger partial charge in [-0.15, -0.1) is 0 Å². The van der Waals surface area contributed by atoms with Gasteiger partial charge in [-0.2, -0.15) is 0 Å². The van der Waals surface area contributed by atoms with E-state index in [1.165, 1.54) is 12.1 Å². The molecule has 0 radical (unpaired) electrons. The van der Waals surface area contributed by atoms with E-state index in [0.717, 1.165) is 0 Å². The van der Waals surface area contributed by atoms with Crippen molar-refractivity contribution in [1.29, 1.82) is 0 Å². The van der Waals surface area contributed by atoms with Crippen molar-refractivity contribution in [2.24, 2.45) is 0 Å². The second-order valence-electron chi connectivity index (χ2n) is 3.94. The minimum Gasteiger partial charge on any atom is -0.461 e. The number of nitrogens with one attached hydrogen (secondary N) is 1. The van der Waals surface area contributed by atoms with Crippen LogP contribution in [0.4, 0.5) is 4.39 Å². The molecule has 0 atom stereocenters. The van der Waals surface area contributed by atoms with Crippen LogP contribution in [0.1, 0.15) is 23.1 Å². The Morgan fingerprint density at radius 1 is 1.47 bits per heavy atom. The fourth-order valence-electron chi connectivity index (χ4n) is 1.69. The van der Waals surface area contributed by atoms with E-state index < -0.39 is 5.97 Å². The molecule has 2 aromatic rings. The zero-order chi connectivity index (χ0) is 14.0. The average molecular weight is 327 g/mol. The number of carbonyl (C=O) groups excluding carboxylic acids is 1. The van der Waals surface area contributed by atoms with Crippen LogP contribution in [0.5, 0.6) is 0 Å². The number of nitrogens with zero attached hydrogens (tertiary/aromatic N) is 1. The van der Waals surface area contributed by atoms with Gasteiger partial charge in [0, 0.05) is 15.7 Å². The number of imidazole rings is 1. The van der Waals surface area contributed by atoms with Gasteiger partial charge in [-0.3, -0.25) is 0 Å². The molecule has 6 heteroatoms. The number of halogens is 2. The Morgan fingerprint density at radius 3 is 2.84 bits per heavy atom. The molecule has 1 aromatic heterocycles. The monoisotopic (exact) mass is 326 g/mol. The predicted octanol–water partition coefficient (Wildman–Crippen LogP) is 3.46. The lowest BCUT2D eigenvalue weighted by atomic mass is 10.2. The lowest BCUT2D eigenvalue weighted by Crippen LogP contribution is -2.06. The van der Waals surface area contributed by atoms with Crippen molar-refractivity contribution in [3.63, 3.8) is 0 Å². The summed E-state index contributed by atoms with van der Waals surface area (Å²) in [6.45, 7) is 3.73. The van der Waals surface area contributed by atoms with E-state index >= 15 is 0 Å². The van der Waals surface area contributed by atoms with Gasteiger partial charge >= 0.3 is 5.97 Å². The van der Waals surface area contributed by atoms with E-state index in [1.807, 2.05) is 0 Å². The van der Waals surface area contributed by atoms with E-state index in [9.17, 15) is 9.18 Å². The van der Waals surface area contributed by atoms with Crippen molar-refractivity contribution in [1.82, 2.24) is 9.97 Å². The van der Waals surface area contributed by atoms with Crippen molar-refractivity contribution in [2.75, 3.05) is 6.61 Å². The van der Waals surface area contributed by atoms with Gasteiger partial charge in [0.15, 0.2) is 5.69 Å². The molecule has 19 heavy (non-hydrogen) atoms. The summed E-state index contributed by atoms with van der Waals surface area (Å²) in [5, 5.41) is 0. The largest absolute Gasteiger partial charge is 0.461 e. The SMILES string of the molecule is CCOC(=O)c1nc(-c2cc(F)cc(Br)c2)[nH]c1C. The molecule has 0 aliphatic heterocycles. The van der Waals surface area contributed by atoms with E-state index in [-0.39, 0.29) is 18.1 Å². The lowest BCUT2D eigenvalue weighted by molar-refractivity contribution is 0.0519. The van der Waals surface area contributed by atoms with E-state index in [0.29, 0.717) is 21.6 Å². The van der Waals surface area contributed by atoms with Gasteiger partial charge in [-0.1, -0.05) is 15.9 Å². The Hall–Kier alpha value is -1.69. The fraction of sp³-hybridized carbons (Fsp3) is 0.231. The fourth-order valence-corrected chi connectivity index (χ4v) is 2.15. The van der Waals surface area contributed by atoms with Crippen LogP contribution in [0.3, 0.4) is 0 Å². The predicted molar refractivity (Wildman–Crippen MR) is 72.4 cm³/mol. The van der Waals surface area contributed by atoms with Crippen LogP contribution in [0, 0.1) is 12.7 Å². The third-order valence-corrected chi connectivity index (χ3v) is 2.95. The first-order chi connectivity index (χ1) is 9.01. The number of hydrogen-bond donors (Lipinski definition) is 1. The van der Waals surface area contributed by atoms with Gasteiger partial charge in [0.1, 0.15) is 11.6 Å². The summed E-state index contributed by atoms with van der Waals surface area (Å²) in [6, 6.07) is 4.42. The summed E-state index contributed by atoms with van der Waals surface area (Å²) >= 11 is 3.22. The molecule has 0 saturated carbocycles. The number of carbonyl (C=O) groups is 1. The first-order valence-electron chi connectivity index (χ1n) is 5.71. The van der Waals surface area contributed by atoms with Crippen molar-refractivity contribution in [3.05, 3.63) is 39.9 Å². The summed E-state index contributed by atoms with van der Waals surface area (Å²) < 4.78 is 18.8. The number of hydrogen-bond acceptors (Lipinski definition) is 3. The third kappa shape index (κ3) is 3.01. The van der Waals surface area contributed by atoms with Crippen molar-refractivity contribution in [3.8, 4) is 11.4 Å². The molecule has 1 heterocycles. The minimum atomic E-state index is -0.488. The number of benzene rings is 1. The number of aromatic amines is 1. The highest BCUT2D eigenvalue weighted by Gasteiger charge is 2.17. The molecule has 0 saturated heterocycles. The molecule has 0 aliphatic rings. The molecule has 0 unspecified atom stereocenters. The highest BCUT2D eigenvalue weighted by molar-refractivity contribution is 9.10. The van der Waals surface area contributed by atoms with Gasteiger partial charge in [0.2, 0.25) is 0 Å². The number of esters is 1. The van der Waals surface area contributed by atoms with Crippen LogP contribution in [-0.4, -0.2) is 22.5 Å². The summed E-state index contributed by atoms with van der Waals surface area (Å²) in [5.41, 5.74) is 1.37. The number of aromatic nitrogens is 2. The Labute approximate surface area is 118 Å². The maximum absolute atomic E-state index is 13.3. The van der Waals surface area contributed by atoms with Crippen LogP contribution >= 0.6 is 15.9 Å². The molecule has 0 amide bonds. The van der Waals surface area contributed by atoms with E-state index in [4.69, 9.17) is 4.74 Å². The van der Waals surface area contributed by atoms with E-state index in [1.54, 1.807) is 19.9 Å². The van der Waals surface area contributed by atoms with Gasteiger partial charge in [-0.25, -0.2) is 14.2 Å². The second-order valence-corrected chi connectivity index (χ2v) is 4.85. The average Bonchev–Trinajstić information content (AvgIpc) is 2.70. The topological polar surface area (TPSA) is 55.0 Å². The van der Waals surface area contributed by atoms with Crippen LogP contribution < -0.4 is 0 Å². The number of aryl methyl sites for hydroxylation is 1. The van der Waals surface area contributed by atoms with Crippen LogP contribution in [0.25, 0.3) is 11.4 Å². The smallest absolute Gasteiger partial charge is 0.358 e. The van der Waals surface area contributed by atoms with Crippen LogP contribution in [0.2, 0.25) is 0 Å². The standard InChI is InChI=1S/C13H12BrFN2O2/c1-3-19-13(18)11-7(2)16-12(17-11)8-4-9(14)6-10(15)5-8/h4-6H,3H2,1-2H3,(H,16,17). The summed E-state index contributed by atoms with van der Waals surface area (Å²) in [4.78, 5) is 18.8. The highest BCUT2D eigenvalue weighted by atomic mass is 79.9. The Balaban J connectivity index is 2.41. The molecule has 0 aliphatic carbocycles. The maximum atomic E-state index is 13.3. The zero-order valence-electron chi connectivity index (χ0n) is 10.5. The Morgan fingerprint density at radius 2 is 2.21 bits per heavy atom.